The van der Waals surface area contributed by atoms with Crippen LogP contribution in [0.15, 0.2) is 6.07 Å². The molecule has 0 aliphatic rings. The van der Waals surface area contributed by atoms with E-state index >= 15 is 0 Å². The zero-order valence-corrected chi connectivity index (χ0v) is 8.00. The highest BCUT2D eigenvalue weighted by atomic mass is 16.5. The molecule has 0 atom stereocenters. The highest BCUT2D eigenvalue weighted by molar-refractivity contribution is 5.07. The first kappa shape index (κ1) is 9.26. The first-order valence-corrected chi connectivity index (χ1v) is 4.39. The standard InChI is InChI=1S/C9H16N2O/c1-4-11-8(3)6-9(10-11)7-12-5-2/h6H,4-5,7H2,1-3H3. The minimum Gasteiger partial charge on any atom is -0.375 e. The van der Waals surface area contributed by atoms with Gasteiger partial charge in [0.1, 0.15) is 0 Å². The fourth-order valence-corrected chi connectivity index (χ4v) is 1.18. The van der Waals surface area contributed by atoms with E-state index in [9.17, 15) is 0 Å². The van der Waals surface area contributed by atoms with E-state index < -0.39 is 0 Å². The Morgan fingerprint density at radius 1 is 1.50 bits per heavy atom. The molecule has 0 amide bonds. The van der Waals surface area contributed by atoms with Crippen LogP contribution < -0.4 is 0 Å². The second-order valence-corrected chi connectivity index (χ2v) is 2.73. The summed E-state index contributed by atoms with van der Waals surface area (Å²) in [6, 6.07) is 2.07. The largest absolute Gasteiger partial charge is 0.375 e. The molecule has 0 aliphatic heterocycles. The Morgan fingerprint density at radius 3 is 2.75 bits per heavy atom. The van der Waals surface area contributed by atoms with Gasteiger partial charge in [-0.25, -0.2) is 0 Å². The molecule has 1 aromatic rings. The van der Waals surface area contributed by atoms with Crippen molar-refractivity contribution in [2.75, 3.05) is 6.61 Å². The van der Waals surface area contributed by atoms with Crippen LogP contribution in [0.25, 0.3) is 0 Å². The molecule has 0 saturated carbocycles. The third-order valence-electron chi connectivity index (χ3n) is 1.79. The summed E-state index contributed by atoms with van der Waals surface area (Å²) in [4.78, 5) is 0. The van der Waals surface area contributed by atoms with Crippen molar-refractivity contribution in [3.8, 4) is 0 Å². The lowest BCUT2D eigenvalue weighted by molar-refractivity contribution is 0.131. The van der Waals surface area contributed by atoms with Crippen LogP contribution in [0, 0.1) is 6.92 Å². The summed E-state index contributed by atoms with van der Waals surface area (Å²) in [5, 5.41) is 4.36. The van der Waals surface area contributed by atoms with Gasteiger partial charge in [-0.2, -0.15) is 5.10 Å². The highest BCUT2D eigenvalue weighted by Gasteiger charge is 2.01. The van der Waals surface area contributed by atoms with Crippen molar-refractivity contribution in [3.05, 3.63) is 17.5 Å². The van der Waals surface area contributed by atoms with Gasteiger partial charge in [0.2, 0.25) is 0 Å². The molecular formula is C9H16N2O. The molecule has 0 radical (unpaired) electrons. The fraction of sp³-hybridized carbons (Fsp3) is 0.667. The van der Waals surface area contributed by atoms with Crippen LogP contribution in [-0.2, 0) is 17.9 Å². The van der Waals surface area contributed by atoms with E-state index in [0.29, 0.717) is 6.61 Å². The monoisotopic (exact) mass is 168 g/mol. The van der Waals surface area contributed by atoms with Crippen LogP contribution in [0.1, 0.15) is 25.2 Å². The van der Waals surface area contributed by atoms with E-state index in [1.165, 1.54) is 5.69 Å². The molecule has 1 rings (SSSR count). The van der Waals surface area contributed by atoms with Crippen LogP contribution in [-0.4, -0.2) is 16.4 Å². The minimum absolute atomic E-state index is 0.629. The summed E-state index contributed by atoms with van der Waals surface area (Å²) in [7, 11) is 0. The fourth-order valence-electron chi connectivity index (χ4n) is 1.18. The van der Waals surface area contributed by atoms with Gasteiger partial charge in [0.25, 0.3) is 0 Å². The summed E-state index contributed by atoms with van der Waals surface area (Å²) < 4.78 is 7.24. The number of aromatic nitrogens is 2. The maximum atomic E-state index is 5.26. The third-order valence-corrected chi connectivity index (χ3v) is 1.79. The van der Waals surface area contributed by atoms with Gasteiger partial charge in [0.05, 0.1) is 12.3 Å². The SMILES string of the molecule is CCOCc1cc(C)n(CC)n1. The maximum absolute atomic E-state index is 5.26. The highest BCUT2D eigenvalue weighted by Crippen LogP contribution is 2.03. The van der Waals surface area contributed by atoms with E-state index in [1.807, 2.05) is 11.6 Å². The molecule has 0 aliphatic carbocycles. The predicted molar refractivity (Wildman–Crippen MR) is 48.0 cm³/mol. The van der Waals surface area contributed by atoms with Crippen LogP contribution in [0.4, 0.5) is 0 Å². The van der Waals surface area contributed by atoms with E-state index in [4.69, 9.17) is 4.74 Å². The molecule has 0 saturated heterocycles. The van der Waals surface area contributed by atoms with Crippen molar-refractivity contribution in [1.82, 2.24) is 9.78 Å². The van der Waals surface area contributed by atoms with Gasteiger partial charge < -0.3 is 4.74 Å². The number of rotatable bonds is 4. The van der Waals surface area contributed by atoms with Gasteiger partial charge in [-0.3, -0.25) is 4.68 Å². The maximum Gasteiger partial charge on any atom is 0.0906 e. The lowest BCUT2D eigenvalue weighted by Gasteiger charge is -1.97. The average molecular weight is 168 g/mol. The summed E-state index contributed by atoms with van der Waals surface area (Å²) in [6.45, 7) is 8.44. The van der Waals surface area contributed by atoms with E-state index in [1.54, 1.807) is 0 Å². The summed E-state index contributed by atoms with van der Waals surface area (Å²) >= 11 is 0. The molecular weight excluding hydrogens is 152 g/mol. The molecule has 0 N–H and O–H groups in total. The zero-order valence-electron chi connectivity index (χ0n) is 8.00. The van der Waals surface area contributed by atoms with Crippen molar-refractivity contribution in [2.24, 2.45) is 0 Å². The Balaban J connectivity index is 2.62. The van der Waals surface area contributed by atoms with Crippen molar-refractivity contribution in [3.63, 3.8) is 0 Å². The van der Waals surface area contributed by atoms with Gasteiger partial charge in [0, 0.05) is 18.8 Å². The molecule has 1 aromatic heterocycles. The molecule has 0 bridgehead atoms. The lowest BCUT2D eigenvalue weighted by Crippen LogP contribution is -2.00. The van der Waals surface area contributed by atoms with Crippen molar-refractivity contribution < 1.29 is 4.74 Å². The summed E-state index contributed by atoms with van der Waals surface area (Å²) in [5.41, 5.74) is 2.23. The normalized spacial score (nSPS) is 10.6. The lowest BCUT2D eigenvalue weighted by atomic mass is 10.4. The van der Waals surface area contributed by atoms with Crippen molar-refractivity contribution >= 4 is 0 Å². The van der Waals surface area contributed by atoms with Gasteiger partial charge in [0.15, 0.2) is 0 Å². The first-order chi connectivity index (χ1) is 5.77. The topological polar surface area (TPSA) is 27.1 Å². The number of aryl methyl sites for hydroxylation is 2. The van der Waals surface area contributed by atoms with Crippen LogP contribution in [0.2, 0.25) is 0 Å². The second-order valence-electron chi connectivity index (χ2n) is 2.73. The van der Waals surface area contributed by atoms with Crippen molar-refractivity contribution in [1.29, 1.82) is 0 Å². The molecule has 0 fully saturated rings. The Bertz CT molecular complexity index is 243. The van der Waals surface area contributed by atoms with Gasteiger partial charge in [-0.1, -0.05) is 0 Å². The van der Waals surface area contributed by atoms with E-state index in [2.05, 4.69) is 25.0 Å². The average Bonchev–Trinajstić information content (AvgIpc) is 2.43. The molecule has 0 aromatic carbocycles. The van der Waals surface area contributed by atoms with Gasteiger partial charge in [-0.15, -0.1) is 0 Å². The molecule has 3 heteroatoms. The third kappa shape index (κ3) is 2.08. The molecule has 12 heavy (non-hydrogen) atoms. The Labute approximate surface area is 73.3 Å². The molecule has 0 spiro atoms. The van der Waals surface area contributed by atoms with Crippen molar-refractivity contribution in [2.45, 2.75) is 33.9 Å². The summed E-state index contributed by atoms with van der Waals surface area (Å²) in [6.07, 6.45) is 0. The Kier molecular flexibility index (Phi) is 3.29. The Morgan fingerprint density at radius 2 is 2.25 bits per heavy atom. The molecule has 68 valence electrons. The number of hydrogen-bond acceptors (Lipinski definition) is 2. The van der Waals surface area contributed by atoms with Crippen LogP contribution in [0.5, 0.6) is 0 Å². The van der Waals surface area contributed by atoms with Gasteiger partial charge in [-0.05, 0) is 26.8 Å². The van der Waals surface area contributed by atoms with Gasteiger partial charge >= 0.3 is 0 Å². The number of nitrogens with zero attached hydrogens (tertiary/aromatic N) is 2. The minimum atomic E-state index is 0.629. The zero-order chi connectivity index (χ0) is 8.97. The van der Waals surface area contributed by atoms with E-state index in [0.717, 1.165) is 18.8 Å². The van der Waals surface area contributed by atoms with Crippen LogP contribution in [0.3, 0.4) is 0 Å². The first-order valence-electron chi connectivity index (χ1n) is 4.39. The summed E-state index contributed by atoms with van der Waals surface area (Å²) in [5.74, 6) is 0. The predicted octanol–water partition coefficient (Wildman–Crippen LogP) is 1.75. The Hall–Kier alpha value is -0.830. The second kappa shape index (κ2) is 4.26. The quantitative estimate of drug-likeness (QED) is 0.684. The number of ether oxygens (including phenoxy) is 1. The van der Waals surface area contributed by atoms with E-state index in [-0.39, 0.29) is 0 Å². The smallest absolute Gasteiger partial charge is 0.0906 e. The molecule has 1 heterocycles. The van der Waals surface area contributed by atoms with Crippen LogP contribution >= 0.6 is 0 Å². The molecule has 0 unspecified atom stereocenters. The number of hydrogen-bond donors (Lipinski definition) is 0. The molecule has 3 nitrogen and oxygen atoms in total.